The fourth-order valence-electron chi connectivity index (χ4n) is 3.40. The number of hydrogen-bond donors (Lipinski definition) is 1. The van der Waals surface area contributed by atoms with Crippen LogP contribution in [0.4, 0.5) is 0 Å². The molecule has 5 nitrogen and oxygen atoms in total. The Morgan fingerprint density at radius 2 is 2.09 bits per heavy atom. The number of hydrogen-bond acceptors (Lipinski definition) is 3. The van der Waals surface area contributed by atoms with Crippen LogP contribution in [0.5, 0.6) is 0 Å². The van der Waals surface area contributed by atoms with Crippen LogP contribution in [0.25, 0.3) is 0 Å². The summed E-state index contributed by atoms with van der Waals surface area (Å²) >= 11 is 0. The summed E-state index contributed by atoms with van der Waals surface area (Å²) in [5.74, 6) is 0.0847. The van der Waals surface area contributed by atoms with Gasteiger partial charge in [-0.25, -0.2) is 0 Å². The van der Waals surface area contributed by atoms with Gasteiger partial charge in [-0.1, -0.05) is 31.2 Å². The highest BCUT2D eigenvalue weighted by molar-refractivity contribution is 5.82. The predicted molar refractivity (Wildman–Crippen MR) is 89.8 cm³/mol. The van der Waals surface area contributed by atoms with Gasteiger partial charge in [0.05, 0.1) is 11.7 Å². The van der Waals surface area contributed by atoms with Crippen LogP contribution in [-0.4, -0.2) is 33.7 Å². The van der Waals surface area contributed by atoms with E-state index in [9.17, 15) is 4.79 Å². The molecule has 0 aliphatic carbocycles. The summed E-state index contributed by atoms with van der Waals surface area (Å²) in [5, 5.41) is 7.33. The topological polar surface area (TPSA) is 50.2 Å². The van der Waals surface area contributed by atoms with Crippen molar-refractivity contribution in [3.8, 4) is 0 Å². The molecule has 0 radical (unpaired) electrons. The molecular formula is C18H24N4O. The maximum Gasteiger partial charge on any atom is 0.237 e. The minimum Gasteiger partial charge on any atom is -0.358 e. The van der Waals surface area contributed by atoms with E-state index in [2.05, 4.69) is 46.6 Å². The van der Waals surface area contributed by atoms with Crippen molar-refractivity contribution < 1.29 is 4.79 Å². The van der Waals surface area contributed by atoms with Gasteiger partial charge < -0.3 is 5.32 Å². The Morgan fingerprint density at radius 3 is 2.78 bits per heavy atom. The summed E-state index contributed by atoms with van der Waals surface area (Å²) in [7, 11) is 3.66. The number of rotatable bonds is 4. The molecule has 122 valence electrons. The first kappa shape index (κ1) is 15.7. The zero-order valence-corrected chi connectivity index (χ0v) is 14.0. The Labute approximate surface area is 137 Å². The summed E-state index contributed by atoms with van der Waals surface area (Å²) in [6.07, 6.45) is 3.74. The van der Waals surface area contributed by atoms with Gasteiger partial charge >= 0.3 is 0 Å². The van der Waals surface area contributed by atoms with E-state index in [1.807, 2.05) is 17.8 Å². The SMILES string of the molecule is CCc1nn(C)cc1CN1Cc2ccccc2C[C@H]1C(=O)NC. The first-order chi connectivity index (χ1) is 11.1. The lowest BCUT2D eigenvalue weighted by Crippen LogP contribution is -2.49. The van der Waals surface area contributed by atoms with Gasteiger partial charge in [-0.15, -0.1) is 0 Å². The van der Waals surface area contributed by atoms with Crippen molar-refractivity contribution in [2.45, 2.75) is 38.9 Å². The Balaban J connectivity index is 1.90. The first-order valence-corrected chi connectivity index (χ1v) is 8.16. The molecule has 0 fully saturated rings. The van der Waals surface area contributed by atoms with Crippen LogP contribution in [0, 0.1) is 0 Å². The second kappa shape index (κ2) is 6.54. The molecule has 1 N–H and O–H groups in total. The fourth-order valence-corrected chi connectivity index (χ4v) is 3.40. The third-order valence-corrected chi connectivity index (χ3v) is 4.60. The van der Waals surface area contributed by atoms with Gasteiger partial charge in [0.2, 0.25) is 5.91 Å². The Kier molecular flexibility index (Phi) is 4.48. The zero-order chi connectivity index (χ0) is 16.4. The van der Waals surface area contributed by atoms with E-state index in [0.717, 1.165) is 31.6 Å². The summed E-state index contributed by atoms with van der Waals surface area (Å²) in [4.78, 5) is 14.6. The van der Waals surface area contributed by atoms with E-state index in [1.54, 1.807) is 7.05 Å². The number of nitrogens with one attached hydrogen (secondary N) is 1. The Bertz CT molecular complexity index is 707. The van der Waals surface area contributed by atoms with E-state index < -0.39 is 0 Å². The highest BCUT2D eigenvalue weighted by Crippen LogP contribution is 2.25. The molecule has 5 heteroatoms. The molecule has 0 bridgehead atoms. The third kappa shape index (κ3) is 3.15. The molecule has 1 aliphatic heterocycles. The number of carbonyl (C=O) groups excluding carboxylic acids is 1. The minimum absolute atomic E-state index is 0.0847. The van der Waals surface area contributed by atoms with Crippen LogP contribution in [0.1, 0.15) is 29.3 Å². The van der Waals surface area contributed by atoms with E-state index in [4.69, 9.17) is 0 Å². The molecule has 0 saturated carbocycles. The number of aryl methyl sites for hydroxylation is 2. The van der Waals surface area contributed by atoms with E-state index in [0.29, 0.717) is 0 Å². The van der Waals surface area contributed by atoms with Gasteiger partial charge in [-0.05, 0) is 24.0 Å². The highest BCUT2D eigenvalue weighted by atomic mass is 16.2. The maximum absolute atomic E-state index is 12.4. The van der Waals surface area contributed by atoms with Crippen molar-refractivity contribution in [1.82, 2.24) is 20.0 Å². The molecule has 1 aromatic carbocycles. The summed E-state index contributed by atoms with van der Waals surface area (Å²) in [5.41, 5.74) is 4.92. The first-order valence-electron chi connectivity index (χ1n) is 8.16. The average Bonchev–Trinajstić information content (AvgIpc) is 2.93. The predicted octanol–water partition coefficient (Wildman–Crippen LogP) is 1.66. The summed E-state index contributed by atoms with van der Waals surface area (Å²) in [6, 6.07) is 8.28. The van der Waals surface area contributed by atoms with E-state index in [1.165, 1.54) is 16.7 Å². The molecule has 1 atom stereocenters. The highest BCUT2D eigenvalue weighted by Gasteiger charge is 2.31. The molecule has 23 heavy (non-hydrogen) atoms. The van der Waals surface area contributed by atoms with Gasteiger partial charge in [0.1, 0.15) is 0 Å². The number of fused-ring (bicyclic) bond motifs is 1. The second-order valence-corrected chi connectivity index (χ2v) is 6.14. The Morgan fingerprint density at radius 1 is 1.35 bits per heavy atom. The number of carbonyl (C=O) groups is 1. The van der Waals surface area contributed by atoms with E-state index >= 15 is 0 Å². The molecule has 0 spiro atoms. The summed E-state index contributed by atoms with van der Waals surface area (Å²) in [6.45, 7) is 3.67. The zero-order valence-electron chi connectivity index (χ0n) is 14.0. The van der Waals surface area contributed by atoms with Crippen LogP contribution in [-0.2, 0) is 37.8 Å². The van der Waals surface area contributed by atoms with Crippen LogP contribution in [0.3, 0.4) is 0 Å². The smallest absolute Gasteiger partial charge is 0.237 e. The standard InChI is InChI=1S/C18H24N4O/c1-4-16-15(10-21(3)20-16)12-22-11-14-8-6-5-7-13(14)9-17(22)18(23)19-2/h5-8,10,17H,4,9,11-12H2,1-3H3,(H,19,23)/t17-/m0/s1. The van der Waals surface area contributed by atoms with Crippen molar-refractivity contribution >= 4 is 5.91 Å². The number of amides is 1. The molecule has 3 rings (SSSR count). The molecular weight excluding hydrogens is 288 g/mol. The normalized spacial score (nSPS) is 17.8. The number of likely N-dealkylation sites (N-methyl/N-ethyl adjacent to an activating group) is 1. The third-order valence-electron chi connectivity index (χ3n) is 4.60. The van der Waals surface area contributed by atoms with Crippen molar-refractivity contribution in [3.63, 3.8) is 0 Å². The lowest BCUT2D eigenvalue weighted by Gasteiger charge is -2.35. The van der Waals surface area contributed by atoms with Crippen LogP contribution in [0.2, 0.25) is 0 Å². The molecule has 2 heterocycles. The molecule has 1 aromatic heterocycles. The number of aromatic nitrogens is 2. The maximum atomic E-state index is 12.4. The van der Waals surface area contributed by atoms with Crippen molar-refractivity contribution in [2.24, 2.45) is 7.05 Å². The van der Waals surface area contributed by atoms with Crippen molar-refractivity contribution in [2.75, 3.05) is 7.05 Å². The second-order valence-electron chi connectivity index (χ2n) is 6.14. The summed E-state index contributed by atoms with van der Waals surface area (Å²) < 4.78 is 1.86. The van der Waals surface area contributed by atoms with Crippen LogP contribution >= 0.6 is 0 Å². The van der Waals surface area contributed by atoms with Crippen molar-refractivity contribution in [3.05, 3.63) is 52.8 Å². The van der Waals surface area contributed by atoms with Gasteiger partial charge in [0.25, 0.3) is 0 Å². The molecule has 0 unspecified atom stereocenters. The molecule has 2 aromatic rings. The lowest BCUT2D eigenvalue weighted by atomic mass is 9.93. The fraction of sp³-hybridized carbons (Fsp3) is 0.444. The van der Waals surface area contributed by atoms with Gasteiger partial charge in [0.15, 0.2) is 0 Å². The number of nitrogens with zero attached hydrogens (tertiary/aromatic N) is 3. The monoisotopic (exact) mass is 312 g/mol. The molecule has 1 amide bonds. The van der Waals surface area contributed by atoms with Crippen LogP contribution in [0.15, 0.2) is 30.5 Å². The minimum atomic E-state index is -0.125. The number of benzene rings is 1. The molecule has 0 saturated heterocycles. The lowest BCUT2D eigenvalue weighted by molar-refractivity contribution is -0.126. The van der Waals surface area contributed by atoms with Crippen LogP contribution < -0.4 is 5.32 Å². The van der Waals surface area contributed by atoms with Gasteiger partial charge in [0, 0.05) is 38.9 Å². The van der Waals surface area contributed by atoms with Gasteiger partial charge in [-0.2, -0.15) is 5.10 Å². The molecule has 1 aliphatic rings. The van der Waals surface area contributed by atoms with Gasteiger partial charge in [-0.3, -0.25) is 14.4 Å². The largest absolute Gasteiger partial charge is 0.358 e. The average molecular weight is 312 g/mol. The Hall–Kier alpha value is -2.14. The van der Waals surface area contributed by atoms with Crippen molar-refractivity contribution in [1.29, 1.82) is 0 Å². The van der Waals surface area contributed by atoms with E-state index in [-0.39, 0.29) is 11.9 Å². The quantitative estimate of drug-likeness (QED) is 0.934.